The number of benzene rings is 1. The monoisotopic (exact) mass is 363 g/mol. The molecule has 0 amide bonds. The summed E-state index contributed by atoms with van der Waals surface area (Å²) in [6.45, 7) is 3.96. The average Bonchev–Trinajstić information content (AvgIpc) is 3.08. The number of aromatic nitrogens is 2. The number of hydrogen-bond acceptors (Lipinski definition) is 3. The Bertz CT molecular complexity index is 683. The van der Waals surface area contributed by atoms with Crippen LogP contribution in [0.25, 0.3) is 5.69 Å². The van der Waals surface area contributed by atoms with E-state index < -0.39 is 11.4 Å². The van der Waals surface area contributed by atoms with Crippen LogP contribution in [0.4, 0.5) is 0 Å². The van der Waals surface area contributed by atoms with Gasteiger partial charge >= 0.3 is 5.97 Å². The first kappa shape index (κ1) is 15.2. The topological polar surface area (TPSA) is 58.4 Å². The van der Waals surface area contributed by atoms with Crippen LogP contribution in [0, 0.1) is 5.41 Å². The molecule has 0 bridgehead atoms. The van der Waals surface area contributed by atoms with Gasteiger partial charge in [0.25, 0.3) is 0 Å². The molecule has 1 aliphatic heterocycles. The molecule has 1 aliphatic rings. The molecule has 6 heteroatoms. The molecule has 22 heavy (non-hydrogen) atoms. The van der Waals surface area contributed by atoms with Crippen LogP contribution < -0.4 is 0 Å². The highest BCUT2D eigenvalue weighted by Crippen LogP contribution is 2.31. The summed E-state index contributed by atoms with van der Waals surface area (Å²) in [6.07, 6.45) is 4.54. The summed E-state index contributed by atoms with van der Waals surface area (Å²) >= 11 is 3.42. The van der Waals surface area contributed by atoms with Gasteiger partial charge in [-0.1, -0.05) is 15.9 Å². The average molecular weight is 364 g/mol. The zero-order valence-electron chi connectivity index (χ0n) is 12.4. The summed E-state index contributed by atoms with van der Waals surface area (Å²) < 4.78 is 2.88. The van der Waals surface area contributed by atoms with E-state index in [0.29, 0.717) is 13.0 Å². The molecule has 5 nitrogen and oxygen atoms in total. The predicted octanol–water partition coefficient (Wildman–Crippen LogP) is 2.93. The Hall–Kier alpha value is -1.66. The molecule has 2 aromatic rings. The lowest BCUT2D eigenvalue weighted by molar-refractivity contribution is -0.147. The lowest BCUT2D eigenvalue weighted by Gasteiger charge is -2.19. The molecule has 0 radical (unpaired) electrons. The van der Waals surface area contributed by atoms with Crippen LogP contribution in [-0.2, 0) is 11.3 Å². The van der Waals surface area contributed by atoms with Gasteiger partial charge in [0, 0.05) is 29.3 Å². The van der Waals surface area contributed by atoms with E-state index in [1.165, 1.54) is 0 Å². The SMILES string of the molecule is CC1(C(=O)O)CCN(Cc2cnn(-c3ccc(Br)cc3)c2)C1. The van der Waals surface area contributed by atoms with Crippen molar-refractivity contribution in [3.8, 4) is 5.69 Å². The number of rotatable bonds is 4. The van der Waals surface area contributed by atoms with Crippen LogP contribution in [0.5, 0.6) is 0 Å². The molecular formula is C16H18BrN3O2. The zero-order chi connectivity index (χ0) is 15.7. The summed E-state index contributed by atoms with van der Waals surface area (Å²) in [5.41, 5.74) is 1.48. The second-order valence-corrected chi connectivity index (χ2v) is 7.01. The van der Waals surface area contributed by atoms with Crippen LogP contribution in [0.3, 0.4) is 0 Å². The first-order chi connectivity index (χ1) is 10.5. The molecule has 1 fully saturated rings. The lowest BCUT2D eigenvalue weighted by Crippen LogP contribution is -2.31. The minimum atomic E-state index is -0.708. The van der Waals surface area contributed by atoms with E-state index in [0.717, 1.165) is 28.8 Å². The predicted molar refractivity (Wildman–Crippen MR) is 86.9 cm³/mol. The fraction of sp³-hybridized carbons (Fsp3) is 0.375. The Kier molecular flexibility index (Phi) is 4.06. The highest BCUT2D eigenvalue weighted by molar-refractivity contribution is 9.10. The third kappa shape index (κ3) is 3.08. The largest absolute Gasteiger partial charge is 0.481 e. The molecule has 0 spiro atoms. The van der Waals surface area contributed by atoms with Crippen molar-refractivity contribution in [1.29, 1.82) is 0 Å². The number of hydrogen-bond donors (Lipinski definition) is 1. The van der Waals surface area contributed by atoms with Crippen LogP contribution in [0.2, 0.25) is 0 Å². The summed E-state index contributed by atoms with van der Waals surface area (Å²) in [7, 11) is 0. The van der Waals surface area contributed by atoms with Crippen LogP contribution in [-0.4, -0.2) is 38.8 Å². The maximum Gasteiger partial charge on any atom is 0.310 e. The fourth-order valence-electron chi connectivity index (χ4n) is 2.80. The van der Waals surface area contributed by atoms with Gasteiger partial charge in [-0.2, -0.15) is 5.10 Å². The van der Waals surface area contributed by atoms with E-state index in [9.17, 15) is 9.90 Å². The van der Waals surface area contributed by atoms with Crippen molar-refractivity contribution in [2.75, 3.05) is 13.1 Å². The maximum absolute atomic E-state index is 11.3. The highest BCUT2D eigenvalue weighted by Gasteiger charge is 2.40. The van der Waals surface area contributed by atoms with Gasteiger partial charge in [-0.25, -0.2) is 4.68 Å². The molecule has 116 valence electrons. The second-order valence-electron chi connectivity index (χ2n) is 6.10. The summed E-state index contributed by atoms with van der Waals surface area (Å²) in [5.74, 6) is -0.708. The normalized spacial score (nSPS) is 22.1. The third-order valence-electron chi connectivity index (χ3n) is 4.20. The molecule has 1 atom stereocenters. The van der Waals surface area contributed by atoms with Gasteiger partial charge in [0.05, 0.1) is 17.3 Å². The molecule has 1 aromatic carbocycles. The van der Waals surface area contributed by atoms with Crippen LogP contribution in [0.1, 0.15) is 18.9 Å². The molecule has 0 aliphatic carbocycles. The van der Waals surface area contributed by atoms with Gasteiger partial charge in [-0.05, 0) is 44.2 Å². The Morgan fingerprint density at radius 3 is 2.77 bits per heavy atom. The van der Waals surface area contributed by atoms with Crippen molar-refractivity contribution >= 4 is 21.9 Å². The number of halogens is 1. The smallest absolute Gasteiger partial charge is 0.310 e. The minimum Gasteiger partial charge on any atom is -0.481 e. The summed E-state index contributed by atoms with van der Waals surface area (Å²) in [6, 6.07) is 7.96. The van der Waals surface area contributed by atoms with E-state index in [2.05, 4.69) is 25.9 Å². The molecule has 1 saturated heterocycles. The van der Waals surface area contributed by atoms with E-state index in [-0.39, 0.29) is 0 Å². The number of carbonyl (C=O) groups is 1. The third-order valence-corrected chi connectivity index (χ3v) is 4.73. The number of likely N-dealkylation sites (tertiary alicyclic amines) is 1. The van der Waals surface area contributed by atoms with Crippen LogP contribution in [0.15, 0.2) is 41.1 Å². The van der Waals surface area contributed by atoms with Gasteiger partial charge in [0.15, 0.2) is 0 Å². The highest BCUT2D eigenvalue weighted by atomic mass is 79.9. The number of nitrogens with zero attached hydrogens (tertiary/aromatic N) is 3. The molecule has 0 saturated carbocycles. The van der Waals surface area contributed by atoms with Crippen molar-refractivity contribution in [1.82, 2.24) is 14.7 Å². The number of aliphatic carboxylic acids is 1. The first-order valence-corrected chi connectivity index (χ1v) is 8.01. The van der Waals surface area contributed by atoms with E-state index in [1.807, 2.05) is 48.3 Å². The fourth-order valence-corrected chi connectivity index (χ4v) is 3.07. The van der Waals surface area contributed by atoms with Gasteiger partial charge in [-0.3, -0.25) is 9.69 Å². The number of carboxylic acids is 1. The van der Waals surface area contributed by atoms with Gasteiger partial charge < -0.3 is 5.11 Å². The minimum absolute atomic E-state index is 0.589. The second kappa shape index (κ2) is 5.85. The van der Waals surface area contributed by atoms with Crippen molar-refractivity contribution in [3.05, 3.63) is 46.7 Å². The van der Waals surface area contributed by atoms with Gasteiger partial charge in [0.2, 0.25) is 0 Å². The molecular weight excluding hydrogens is 346 g/mol. The first-order valence-electron chi connectivity index (χ1n) is 7.21. The van der Waals surface area contributed by atoms with Crippen molar-refractivity contribution in [3.63, 3.8) is 0 Å². The molecule has 2 heterocycles. The van der Waals surface area contributed by atoms with E-state index in [4.69, 9.17) is 0 Å². The van der Waals surface area contributed by atoms with Gasteiger partial charge in [0.1, 0.15) is 0 Å². The maximum atomic E-state index is 11.3. The lowest BCUT2D eigenvalue weighted by atomic mass is 9.90. The standard InChI is InChI=1S/C16H18BrN3O2/c1-16(15(21)22)6-7-19(11-16)9-12-8-18-20(10-12)14-4-2-13(17)3-5-14/h2-5,8,10H,6-7,9,11H2,1H3,(H,21,22). The Morgan fingerprint density at radius 2 is 2.14 bits per heavy atom. The Balaban J connectivity index is 1.68. The van der Waals surface area contributed by atoms with Crippen molar-refractivity contribution in [2.24, 2.45) is 5.41 Å². The van der Waals surface area contributed by atoms with Crippen molar-refractivity contribution < 1.29 is 9.90 Å². The molecule has 1 unspecified atom stereocenters. The van der Waals surface area contributed by atoms with Crippen molar-refractivity contribution in [2.45, 2.75) is 19.9 Å². The summed E-state index contributed by atoms with van der Waals surface area (Å²) in [5, 5.41) is 13.7. The van der Waals surface area contributed by atoms with Crippen LogP contribution >= 0.6 is 15.9 Å². The zero-order valence-corrected chi connectivity index (χ0v) is 14.0. The van der Waals surface area contributed by atoms with E-state index in [1.54, 1.807) is 0 Å². The van der Waals surface area contributed by atoms with E-state index >= 15 is 0 Å². The van der Waals surface area contributed by atoms with Gasteiger partial charge in [-0.15, -0.1) is 0 Å². The molecule has 1 aromatic heterocycles. The summed E-state index contributed by atoms with van der Waals surface area (Å²) in [4.78, 5) is 13.5. The molecule has 1 N–H and O–H groups in total. The Morgan fingerprint density at radius 1 is 1.41 bits per heavy atom. The molecule has 3 rings (SSSR count). The number of carboxylic acid groups (broad SMARTS) is 1. The quantitative estimate of drug-likeness (QED) is 0.906. The Labute approximate surface area is 137 Å².